The first kappa shape index (κ1) is 14.1. The minimum absolute atomic E-state index is 0.0225. The Bertz CT molecular complexity index is 452. The van der Waals surface area contributed by atoms with E-state index in [1.54, 1.807) is 11.3 Å². The average Bonchev–Trinajstić information content (AvgIpc) is 2.89. The molecule has 1 aliphatic rings. The molecule has 104 valence electrons. The molecule has 2 heterocycles. The van der Waals surface area contributed by atoms with Gasteiger partial charge in [-0.25, -0.2) is 0 Å². The van der Waals surface area contributed by atoms with E-state index in [2.05, 4.69) is 5.32 Å². The summed E-state index contributed by atoms with van der Waals surface area (Å²) in [6, 6.07) is 4.01. The van der Waals surface area contributed by atoms with Crippen LogP contribution in [0.2, 0.25) is 0 Å². The van der Waals surface area contributed by atoms with Gasteiger partial charge < -0.3 is 10.2 Å². The minimum Gasteiger partial charge on any atom is -0.342 e. The van der Waals surface area contributed by atoms with Crippen LogP contribution in [0, 0.1) is 0 Å². The molecule has 0 aliphatic carbocycles. The molecule has 2 amide bonds. The molecule has 1 aromatic heterocycles. The number of nitrogens with one attached hydrogen (secondary N) is 1. The van der Waals surface area contributed by atoms with E-state index in [1.165, 1.54) is 0 Å². The number of carbonyl (C=O) groups excluding carboxylic acids is 2. The predicted octanol–water partition coefficient (Wildman–Crippen LogP) is 2.16. The Morgan fingerprint density at radius 2 is 2.11 bits per heavy atom. The first-order valence-electron chi connectivity index (χ1n) is 6.74. The van der Waals surface area contributed by atoms with Gasteiger partial charge in [-0.15, -0.1) is 11.3 Å². The molecule has 0 radical (unpaired) electrons. The summed E-state index contributed by atoms with van der Waals surface area (Å²) >= 11 is 1.64. The second-order valence-electron chi connectivity index (χ2n) is 4.89. The summed E-state index contributed by atoms with van der Waals surface area (Å²) in [4.78, 5) is 27.5. The van der Waals surface area contributed by atoms with Crippen molar-refractivity contribution in [3.8, 4) is 0 Å². The molecule has 1 N–H and O–H groups in total. The van der Waals surface area contributed by atoms with Gasteiger partial charge in [-0.1, -0.05) is 19.9 Å². The van der Waals surface area contributed by atoms with E-state index in [9.17, 15) is 9.59 Å². The number of hydrogen-bond donors (Lipinski definition) is 1. The van der Waals surface area contributed by atoms with Crippen molar-refractivity contribution in [2.45, 2.75) is 45.2 Å². The third kappa shape index (κ3) is 2.81. The summed E-state index contributed by atoms with van der Waals surface area (Å²) in [5, 5.41) is 4.93. The van der Waals surface area contributed by atoms with Gasteiger partial charge in [-0.3, -0.25) is 9.59 Å². The van der Waals surface area contributed by atoms with Crippen LogP contribution in [-0.2, 0) is 16.1 Å². The predicted molar refractivity (Wildman–Crippen MR) is 75.8 cm³/mol. The smallest absolute Gasteiger partial charge is 0.248 e. The van der Waals surface area contributed by atoms with Gasteiger partial charge in [0.2, 0.25) is 11.8 Å². The maximum atomic E-state index is 12.7. The largest absolute Gasteiger partial charge is 0.342 e. The van der Waals surface area contributed by atoms with Gasteiger partial charge in [0.1, 0.15) is 5.54 Å². The van der Waals surface area contributed by atoms with E-state index >= 15 is 0 Å². The van der Waals surface area contributed by atoms with Crippen LogP contribution in [-0.4, -0.2) is 28.8 Å². The monoisotopic (exact) mass is 280 g/mol. The van der Waals surface area contributed by atoms with Crippen molar-refractivity contribution in [2.24, 2.45) is 0 Å². The topological polar surface area (TPSA) is 49.4 Å². The summed E-state index contributed by atoms with van der Waals surface area (Å²) in [5.41, 5.74) is -0.717. The zero-order valence-electron chi connectivity index (χ0n) is 11.4. The molecule has 4 nitrogen and oxygen atoms in total. The van der Waals surface area contributed by atoms with Crippen molar-refractivity contribution < 1.29 is 9.59 Å². The van der Waals surface area contributed by atoms with Crippen molar-refractivity contribution in [1.82, 2.24) is 10.2 Å². The molecule has 1 saturated heterocycles. The van der Waals surface area contributed by atoms with Crippen LogP contribution in [0.15, 0.2) is 17.5 Å². The molecule has 0 aromatic carbocycles. The van der Waals surface area contributed by atoms with E-state index in [1.807, 2.05) is 36.3 Å². The quantitative estimate of drug-likeness (QED) is 0.919. The van der Waals surface area contributed by atoms with Crippen LogP contribution >= 0.6 is 11.3 Å². The van der Waals surface area contributed by atoms with Crippen LogP contribution in [0.3, 0.4) is 0 Å². The van der Waals surface area contributed by atoms with Crippen molar-refractivity contribution in [1.29, 1.82) is 0 Å². The highest BCUT2D eigenvalue weighted by atomic mass is 32.1. The molecule has 1 aliphatic heterocycles. The van der Waals surface area contributed by atoms with Gasteiger partial charge in [0, 0.05) is 17.8 Å². The van der Waals surface area contributed by atoms with Crippen molar-refractivity contribution in [3.63, 3.8) is 0 Å². The average molecular weight is 280 g/mol. The lowest BCUT2D eigenvalue weighted by Crippen LogP contribution is -2.56. The summed E-state index contributed by atoms with van der Waals surface area (Å²) in [6.45, 7) is 5.02. The molecule has 5 heteroatoms. The second-order valence-corrected chi connectivity index (χ2v) is 5.93. The normalized spacial score (nSPS) is 19.2. The van der Waals surface area contributed by atoms with Crippen LogP contribution in [0.5, 0.6) is 0 Å². The van der Waals surface area contributed by atoms with Gasteiger partial charge in [-0.05, 0) is 24.3 Å². The summed E-state index contributed by atoms with van der Waals surface area (Å²) in [6.07, 6.45) is 1.66. The Labute approximate surface area is 117 Å². The number of hydrogen-bond acceptors (Lipinski definition) is 3. The fourth-order valence-corrected chi connectivity index (χ4v) is 3.21. The van der Waals surface area contributed by atoms with Crippen LogP contribution in [0.25, 0.3) is 0 Å². The SMILES string of the molecule is CCC1(CC)NC(=O)CCN(Cc2cccs2)C1=O. The van der Waals surface area contributed by atoms with Crippen LogP contribution in [0.4, 0.5) is 0 Å². The molecule has 0 atom stereocenters. The molecule has 0 unspecified atom stereocenters. The Morgan fingerprint density at radius 1 is 1.37 bits per heavy atom. The number of nitrogens with zero attached hydrogens (tertiary/aromatic N) is 1. The van der Waals surface area contributed by atoms with Crippen LogP contribution < -0.4 is 5.32 Å². The molecule has 0 bridgehead atoms. The van der Waals surface area contributed by atoms with Gasteiger partial charge in [0.25, 0.3) is 0 Å². The molecule has 0 saturated carbocycles. The third-order valence-electron chi connectivity index (χ3n) is 3.82. The highest BCUT2D eigenvalue weighted by molar-refractivity contribution is 7.09. The zero-order chi connectivity index (χ0) is 13.9. The molecule has 2 rings (SSSR count). The highest BCUT2D eigenvalue weighted by Crippen LogP contribution is 2.24. The van der Waals surface area contributed by atoms with Crippen LogP contribution in [0.1, 0.15) is 38.0 Å². The van der Waals surface area contributed by atoms with Crippen molar-refractivity contribution in [2.75, 3.05) is 6.54 Å². The molecule has 0 spiro atoms. The van der Waals surface area contributed by atoms with E-state index in [-0.39, 0.29) is 11.8 Å². The lowest BCUT2D eigenvalue weighted by Gasteiger charge is -2.33. The van der Waals surface area contributed by atoms with Gasteiger partial charge >= 0.3 is 0 Å². The standard InChI is InChI=1S/C14H20N2O2S/c1-3-14(4-2)13(18)16(8-7-12(17)15-14)10-11-6-5-9-19-11/h5-6,9H,3-4,7-8,10H2,1-2H3,(H,15,17). The minimum atomic E-state index is -0.717. The van der Waals surface area contributed by atoms with E-state index in [0.717, 1.165) is 4.88 Å². The fourth-order valence-electron chi connectivity index (χ4n) is 2.49. The molecular weight excluding hydrogens is 260 g/mol. The van der Waals surface area contributed by atoms with E-state index < -0.39 is 5.54 Å². The zero-order valence-corrected chi connectivity index (χ0v) is 12.3. The second kappa shape index (κ2) is 5.74. The molecule has 19 heavy (non-hydrogen) atoms. The first-order valence-corrected chi connectivity index (χ1v) is 7.62. The summed E-state index contributed by atoms with van der Waals surface area (Å²) < 4.78 is 0. The van der Waals surface area contributed by atoms with Gasteiger partial charge in [0.15, 0.2) is 0 Å². The number of rotatable bonds is 4. The lowest BCUT2D eigenvalue weighted by molar-refractivity contribution is -0.139. The fraction of sp³-hybridized carbons (Fsp3) is 0.571. The summed E-state index contributed by atoms with van der Waals surface area (Å²) in [5.74, 6) is 0.0301. The maximum Gasteiger partial charge on any atom is 0.248 e. The molecule has 1 aromatic rings. The summed E-state index contributed by atoms with van der Waals surface area (Å²) in [7, 11) is 0. The molecule has 1 fully saturated rings. The maximum absolute atomic E-state index is 12.7. The number of thiophene rings is 1. The van der Waals surface area contributed by atoms with E-state index in [4.69, 9.17) is 0 Å². The Morgan fingerprint density at radius 3 is 2.68 bits per heavy atom. The Balaban J connectivity index is 2.23. The number of carbonyl (C=O) groups is 2. The Kier molecular flexibility index (Phi) is 4.24. The van der Waals surface area contributed by atoms with E-state index in [0.29, 0.717) is 32.4 Å². The Hall–Kier alpha value is -1.36. The molecular formula is C14H20N2O2S. The number of amides is 2. The highest BCUT2D eigenvalue weighted by Gasteiger charge is 2.41. The third-order valence-corrected chi connectivity index (χ3v) is 4.68. The van der Waals surface area contributed by atoms with Crippen molar-refractivity contribution in [3.05, 3.63) is 22.4 Å². The van der Waals surface area contributed by atoms with Gasteiger partial charge in [-0.2, -0.15) is 0 Å². The lowest BCUT2D eigenvalue weighted by atomic mass is 9.91. The first-order chi connectivity index (χ1) is 9.11. The van der Waals surface area contributed by atoms with Crippen molar-refractivity contribution >= 4 is 23.2 Å². The van der Waals surface area contributed by atoms with Gasteiger partial charge in [0.05, 0.1) is 6.54 Å².